The molecule has 2 heterocycles. The summed E-state index contributed by atoms with van der Waals surface area (Å²) in [5, 5.41) is 23.7. The van der Waals surface area contributed by atoms with Gasteiger partial charge in [0.25, 0.3) is 5.22 Å². The van der Waals surface area contributed by atoms with E-state index in [-0.39, 0.29) is 0 Å². The molecule has 2 aromatic heterocycles. The van der Waals surface area contributed by atoms with Crippen LogP contribution < -0.4 is 0 Å². The molecular formula is C22H15ClN6OS. The topological polar surface area (TPSA) is 93.4 Å². The highest BCUT2D eigenvalue weighted by Crippen LogP contribution is 2.31. The van der Waals surface area contributed by atoms with E-state index in [0.29, 0.717) is 27.7 Å². The number of nitrogens with zero attached hydrogens (tertiary/aromatic N) is 5. The molecule has 9 heteroatoms. The zero-order chi connectivity index (χ0) is 21.0. The molecule has 0 saturated heterocycles. The third-order valence-corrected chi connectivity index (χ3v) is 5.74. The van der Waals surface area contributed by atoms with Crippen LogP contribution in [-0.2, 0) is 5.75 Å². The van der Waals surface area contributed by atoms with Gasteiger partial charge in [0, 0.05) is 21.9 Å². The maximum atomic E-state index is 6.03. The first-order valence-electron chi connectivity index (χ1n) is 9.41. The van der Waals surface area contributed by atoms with Gasteiger partial charge >= 0.3 is 0 Å². The van der Waals surface area contributed by atoms with Gasteiger partial charge in [-0.15, -0.1) is 20.4 Å². The molecule has 5 rings (SSSR count). The molecule has 0 aliphatic heterocycles. The van der Waals surface area contributed by atoms with E-state index < -0.39 is 0 Å². The smallest absolute Gasteiger partial charge is 0.277 e. The lowest BCUT2D eigenvalue weighted by molar-refractivity contribution is 0.466. The third kappa shape index (κ3) is 4.35. The van der Waals surface area contributed by atoms with Crippen LogP contribution >= 0.6 is 23.4 Å². The van der Waals surface area contributed by atoms with Gasteiger partial charge in [-0.25, -0.2) is 0 Å². The van der Waals surface area contributed by atoms with E-state index in [1.165, 1.54) is 11.8 Å². The summed E-state index contributed by atoms with van der Waals surface area (Å²) in [6, 6.07) is 23.7. The Morgan fingerprint density at radius 3 is 2.45 bits per heavy atom. The molecule has 31 heavy (non-hydrogen) atoms. The number of nitrogens with one attached hydrogen (secondary N) is 1. The second kappa shape index (κ2) is 8.71. The molecule has 0 radical (unpaired) electrons. The van der Waals surface area contributed by atoms with Gasteiger partial charge in [-0.2, -0.15) is 5.21 Å². The first-order chi connectivity index (χ1) is 15.3. The van der Waals surface area contributed by atoms with Crippen LogP contribution in [0.15, 0.2) is 82.4 Å². The molecule has 152 valence electrons. The highest BCUT2D eigenvalue weighted by molar-refractivity contribution is 7.98. The van der Waals surface area contributed by atoms with Crippen molar-refractivity contribution in [2.75, 3.05) is 0 Å². The Morgan fingerprint density at radius 1 is 0.839 bits per heavy atom. The Bertz CT molecular complexity index is 1300. The molecule has 0 aliphatic rings. The quantitative estimate of drug-likeness (QED) is 0.343. The van der Waals surface area contributed by atoms with E-state index in [9.17, 15) is 0 Å². The Morgan fingerprint density at radius 2 is 1.68 bits per heavy atom. The van der Waals surface area contributed by atoms with Crippen LogP contribution in [0.3, 0.4) is 0 Å². The number of aromatic amines is 1. The molecule has 0 amide bonds. The van der Waals surface area contributed by atoms with E-state index in [4.69, 9.17) is 16.0 Å². The van der Waals surface area contributed by atoms with Gasteiger partial charge in [-0.3, -0.25) is 0 Å². The summed E-state index contributed by atoms with van der Waals surface area (Å²) in [6.07, 6.45) is 0. The van der Waals surface area contributed by atoms with Gasteiger partial charge in [-0.05, 0) is 40.1 Å². The van der Waals surface area contributed by atoms with Crippen molar-refractivity contribution in [2.24, 2.45) is 0 Å². The van der Waals surface area contributed by atoms with Crippen molar-refractivity contribution in [1.82, 2.24) is 30.8 Å². The summed E-state index contributed by atoms with van der Waals surface area (Å²) in [5.41, 5.74) is 5.00. The molecule has 0 unspecified atom stereocenters. The Balaban J connectivity index is 1.29. The van der Waals surface area contributed by atoms with Gasteiger partial charge < -0.3 is 4.42 Å². The molecule has 0 spiro atoms. The monoisotopic (exact) mass is 446 g/mol. The molecular weight excluding hydrogens is 432 g/mol. The van der Waals surface area contributed by atoms with Gasteiger partial charge in [-0.1, -0.05) is 78.0 Å². The van der Waals surface area contributed by atoms with Crippen LogP contribution in [-0.4, -0.2) is 30.8 Å². The normalized spacial score (nSPS) is 11.0. The molecule has 5 aromatic rings. The maximum absolute atomic E-state index is 6.03. The summed E-state index contributed by atoms with van der Waals surface area (Å²) in [7, 11) is 0. The first-order valence-corrected chi connectivity index (χ1v) is 10.8. The number of tetrazole rings is 1. The molecule has 0 bridgehead atoms. The lowest BCUT2D eigenvalue weighted by Gasteiger charge is -2.07. The van der Waals surface area contributed by atoms with Crippen LogP contribution in [0.2, 0.25) is 5.02 Å². The first kappa shape index (κ1) is 19.5. The Labute approximate surface area is 186 Å². The summed E-state index contributed by atoms with van der Waals surface area (Å²) in [4.78, 5) is 0. The van der Waals surface area contributed by atoms with Crippen molar-refractivity contribution < 1.29 is 4.42 Å². The fourth-order valence-corrected chi connectivity index (χ4v) is 4.05. The fourth-order valence-electron chi connectivity index (χ4n) is 3.14. The van der Waals surface area contributed by atoms with Crippen molar-refractivity contribution in [3.63, 3.8) is 0 Å². The second-order valence-electron chi connectivity index (χ2n) is 6.65. The highest BCUT2D eigenvalue weighted by atomic mass is 35.5. The minimum atomic E-state index is 0.457. The van der Waals surface area contributed by atoms with Crippen LogP contribution in [0.25, 0.3) is 34.0 Å². The number of hydrogen-bond acceptors (Lipinski definition) is 7. The molecule has 0 atom stereocenters. The summed E-state index contributed by atoms with van der Waals surface area (Å²) in [5.74, 6) is 1.74. The lowest BCUT2D eigenvalue weighted by Crippen LogP contribution is -1.88. The van der Waals surface area contributed by atoms with E-state index in [2.05, 4.69) is 55.1 Å². The van der Waals surface area contributed by atoms with Gasteiger partial charge in [0.2, 0.25) is 11.7 Å². The minimum Gasteiger partial charge on any atom is -0.411 e. The number of thioether (sulfide) groups is 1. The molecule has 1 N–H and O–H groups in total. The Kier molecular flexibility index (Phi) is 5.47. The van der Waals surface area contributed by atoms with Gasteiger partial charge in [0.1, 0.15) is 0 Å². The largest absolute Gasteiger partial charge is 0.411 e. The summed E-state index contributed by atoms with van der Waals surface area (Å²) >= 11 is 7.52. The standard InChI is InChI=1S/C22H15ClN6OS/c23-17-5-3-4-16(12-17)21-26-27-22(30-21)31-13-14-8-10-15(11-9-14)18-6-1-2-7-19(18)20-24-28-29-25-20/h1-12H,13H2,(H,24,25,28,29). The average Bonchev–Trinajstić information content (AvgIpc) is 3.51. The number of halogens is 1. The summed E-state index contributed by atoms with van der Waals surface area (Å²) in [6.45, 7) is 0. The molecule has 7 nitrogen and oxygen atoms in total. The van der Waals surface area contributed by atoms with Crippen molar-refractivity contribution in [1.29, 1.82) is 0 Å². The predicted octanol–water partition coefficient (Wildman–Crippen LogP) is 5.53. The zero-order valence-electron chi connectivity index (χ0n) is 16.1. The number of H-pyrrole nitrogens is 1. The second-order valence-corrected chi connectivity index (χ2v) is 8.01. The van der Waals surface area contributed by atoms with Crippen LogP contribution in [0.4, 0.5) is 0 Å². The van der Waals surface area contributed by atoms with Crippen molar-refractivity contribution in [3.05, 3.63) is 83.4 Å². The number of hydrogen-bond donors (Lipinski definition) is 1. The fraction of sp³-hybridized carbons (Fsp3) is 0.0455. The van der Waals surface area contributed by atoms with E-state index in [1.54, 1.807) is 12.1 Å². The molecule has 0 saturated carbocycles. The molecule has 0 aliphatic carbocycles. The van der Waals surface area contributed by atoms with E-state index in [1.807, 2.05) is 36.4 Å². The van der Waals surface area contributed by atoms with Crippen LogP contribution in [0.5, 0.6) is 0 Å². The molecule has 0 fully saturated rings. The van der Waals surface area contributed by atoms with E-state index >= 15 is 0 Å². The van der Waals surface area contributed by atoms with Crippen molar-refractivity contribution in [3.8, 4) is 34.0 Å². The number of aromatic nitrogens is 6. The minimum absolute atomic E-state index is 0.457. The van der Waals surface area contributed by atoms with Crippen LogP contribution in [0, 0.1) is 0 Å². The average molecular weight is 447 g/mol. The van der Waals surface area contributed by atoms with Crippen molar-refractivity contribution >= 4 is 23.4 Å². The number of benzene rings is 3. The molecule has 3 aromatic carbocycles. The number of rotatable bonds is 6. The lowest BCUT2D eigenvalue weighted by atomic mass is 9.98. The van der Waals surface area contributed by atoms with Crippen molar-refractivity contribution in [2.45, 2.75) is 11.0 Å². The van der Waals surface area contributed by atoms with E-state index in [0.717, 1.165) is 27.8 Å². The Hall–Kier alpha value is -3.49. The third-order valence-electron chi connectivity index (χ3n) is 4.62. The van der Waals surface area contributed by atoms with Gasteiger partial charge in [0.15, 0.2) is 0 Å². The zero-order valence-corrected chi connectivity index (χ0v) is 17.6. The predicted molar refractivity (Wildman–Crippen MR) is 119 cm³/mol. The highest BCUT2D eigenvalue weighted by Gasteiger charge is 2.12. The maximum Gasteiger partial charge on any atom is 0.277 e. The summed E-state index contributed by atoms with van der Waals surface area (Å²) < 4.78 is 5.76. The SMILES string of the molecule is Clc1cccc(-c2nnc(SCc3ccc(-c4ccccc4-c4nn[nH]n4)cc3)o2)c1. The van der Waals surface area contributed by atoms with Gasteiger partial charge in [0.05, 0.1) is 0 Å². The van der Waals surface area contributed by atoms with Crippen LogP contribution in [0.1, 0.15) is 5.56 Å².